The van der Waals surface area contributed by atoms with E-state index in [1.807, 2.05) is 23.1 Å². The van der Waals surface area contributed by atoms with Crippen molar-refractivity contribution in [1.82, 2.24) is 4.90 Å². The van der Waals surface area contributed by atoms with Gasteiger partial charge in [0.05, 0.1) is 5.75 Å². The van der Waals surface area contributed by atoms with E-state index in [4.69, 9.17) is 0 Å². The summed E-state index contributed by atoms with van der Waals surface area (Å²) in [7, 11) is 0. The Bertz CT molecular complexity index is 453. The quantitative estimate of drug-likeness (QED) is 0.619. The van der Waals surface area contributed by atoms with Crippen LogP contribution in [-0.4, -0.2) is 35.4 Å². The minimum absolute atomic E-state index is 0.0586. The lowest BCUT2D eigenvalue weighted by molar-refractivity contribution is -0.127. The topological polar surface area (TPSA) is 37.4 Å². The maximum Gasteiger partial charge on any atom is 0.232 e. The maximum absolute atomic E-state index is 11.9. The molecule has 1 aliphatic heterocycles. The lowest BCUT2D eigenvalue weighted by atomic mass is 10.2. The molecule has 1 fully saturated rings. The van der Waals surface area contributed by atoms with E-state index in [0.717, 1.165) is 30.8 Å². The summed E-state index contributed by atoms with van der Waals surface area (Å²) in [6.07, 6.45) is 2.24. The number of carbonyl (C=O) groups is 2. The van der Waals surface area contributed by atoms with Gasteiger partial charge in [-0.15, -0.1) is 11.8 Å². The lowest BCUT2D eigenvalue weighted by Gasteiger charge is -2.14. The van der Waals surface area contributed by atoms with Gasteiger partial charge in [0, 0.05) is 23.5 Å². The smallest absolute Gasteiger partial charge is 0.232 e. The number of carbonyl (C=O) groups excluding carboxylic acids is 2. The minimum Gasteiger partial charge on any atom is -0.342 e. The molecule has 0 aromatic heterocycles. The molecular formula is C14H17NO2S. The second kappa shape index (κ2) is 6.05. The molecule has 0 N–H and O–H groups in total. The van der Waals surface area contributed by atoms with Gasteiger partial charge in [0.15, 0.2) is 5.78 Å². The molecule has 1 aliphatic rings. The van der Waals surface area contributed by atoms with Gasteiger partial charge in [-0.3, -0.25) is 9.59 Å². The van der Waals surface area contributed by atoms with E-state index in [2.05, 4.69) is 0 Å². The van der Waals surface area contributed by atoms with E-state index < -0.39 is 0 Å². The molecule has 0 radical (unpaired) electrons. The van der Waals surface area contributed by atoms with Gasteiger partial charge in [-0.1, -0.05) is 12.1 Å². The van der Waals surface area contributed by atoms with Gasteiger partial charge in [0.1, 0.15) is 0 Å². The summed E-state index contributed by atoms with van der Waals surface area (Å²) in [5.74, 6) is 0.718. The number of rotatable bonds is 4. The van der Waals surface area contributed by atoms with Crippen LogP contribution >= 0.6 is 11.8 Å². The molecule has 1 amide bonds. The molecule has 3 nitrogen and oxygen atoms in total. The summed E-state index contributed by atoms with van der Waals surface area (Å²) >= 11 is 1.50. The fraction of sp³-hybridized carbons (Fsp3) is 0.429. The van der Waals surface area contributed by atoms with Crippen molar-refractivity contribution < 1.29 is 9.59 Å². The molecule has 96 valence electrons. The van der Waals surface area contributed by atoms with Crippen molar-refractivity contribution in [2.75, 3.05) is 18.8 Å². The van der Waals surface area contributed by atoms with Gasteiger partial charge in [-0.25, -0.2) is 0 Å². The molecule has 1 heterocycles. The van der Waals surface area contributed by atoms with E-state index in [0.29, 0.717) is 11.3 Å². The van der Waals surface area contributed by atoms with Crippen LogP contribution in [0.1, 0.15) is 30.1 Å². The number of thioether (sulfide) groups is 1. The number of ketones is 1. The Kier molecular flexibility index (Phi) is 4.42. The molecule has 0 spiro atoms. The molecule has 0 unspecified atom stereocenters. The van der Waals surface area contributed by atoms with Crippen LogP contribution in [-0.2, 0) is 4.79 Å². The molecule has 2 rings (SSSR count). The van der Waals surface area contributed by atoms with E-state index in [-0.39, 0.29) is 11.7 Å². The standard InChI is InChI=1S/C14H17NO2S/c1-11(16)12-5-4-6-13(9-12)18-10-14(17)15-7-2-3-8-15/h4-6,9H,2-3,7-8,10H2,1H3. The number of Topliss-reactive ketones (excluding diaryl/α,β-unsaturated/α-hetero) is 1. The predicted molar refractivity (Wildman–Crippen MR) is 73.0 cm³/mol. The van der Waals surface area contributed by atoms with Crippen LogP contribution in [0.25, 0.3) is 0 Å². The zero-order valence-corrected chi connectivity index (χ0v) is 11.3. The molecule has 0 bridgehead atoms. The Morgan fingerprint density at radius 1 is 1.28 bits per heavy atom. The summed E-state index contributed by atoms with van der Waals surface area (Å²) in [5, 5.41) is 0. The number of hydrogen-bond donors (Lipinski definition) is 0. The summed E-state index contributed by atoms with van der Waals surface area (Å²) in [4.78, 5) is 26.0. The highest BCUT2D eigenvalue weighted by atomic mass is 32.2. The first kappa shape index (κ1) is 13.1. The lowest BCUT2D eigenvalue weighted by Crippen LogP contribution is -2.29. The number of amides is 1. The number of nitrogens with zero attached hydrogens (tertiary/aromatic N) is 1. The summed E-state index contributed by atoms with van der Waals surface area (Å²) in [6, 6.07) is 7.45. The fourth-order valence-electron chi connectivity index (χ4n) is 2.01. The zero-order chi connectivity index (χ0) is 13.0. The Balaban J connectivity index is 1.91. The maximum atomic E-state index is 11.9. The molecule has 0 aliphatic carbocycles. The van der Waals surface area contributed by atoms with Gasteiger partial charge in [-0.05, 0) is 31.9 Å². The summed E-state index contributed by atoms with van der Waals surface area (Å²) < 4.78 is 0. The SMILES string of the molecule is CC(=O)c1cccc(SCC(=O)N2CCCC2)c1. The average Bonchev–Trinajstić information content (AvgIpc) is 2.90. The number of likely N-dealkylation sites (tertiary alicyclic amines) is 1. The Morgan fingerprint density at radius 2 is 2.00 bits per heavy atom. The van der Waals surface area contributed by atoms with Crippen molar-refractivity contribution in [1.29, 1.82) is 0 Å². The molecule has 0 atom stereocenters. The van der Waals surface area contributed by atoms with E-state index in [1.165, 1.54) is 11.8 Å². The van der Waals surface area contributed by atoms with Crippen molar-refractivity contribution in [2.45, 2.75) is 24.7 Å². The highest BCUT2D eigenvalue weighted by molar-refractivity contribution is 8.00. The Morgan fingerprint density at radius 3 is 2.67 bits per heavy atom. The molecule has 1 aromatic carbocycles. The largest absolute Gasteiger partial charge is 0.342 e. The van der Waals surface area contributed by atoms with Crippen LogP contribution in [0.2, 0.25) is 0 Å². The van der Waals surface area contributed by atoms with Gasteiger partial charge >= 0.3 is 0 Å². The zero-order valence-electron chi connectivity index (χ0n) is 10.5. The fourth-order valence-corrected chi connectivity index (χ4v) is 2.87. The van der Waals surface area contributed by atoms with Crippen molar-refractivity contribution in [3.8, 4) is 0 Å². The van der Waals surface area contributed by atoms with Crippen LogP contribution in [0.4, 0.5) is 0 Å². The normalized spacial score (nSPS) is 14.8. The number of benzene rings is 1. The van der Waals surface area contributed by atoms with Crippen molar-refractivity contribution >= 4 is 23.5 Å². The summed E-state index contributed by atoms with van der Waals surface area (Å²) in [5.41, 5.74) is 0.702. The van der Waals surface area contributed by atoms with Crippen molar-refractivity contribution in [3.63, 3.8) is 0 Å². The van der Waals surface area contributed by atoms with Crippen LogP contribution < -0.4 is 0 Å². The third-order valence-electron chi connectivity index (χ3n) is 3.06. The first-order chi connectivity index (χ1) is 8.66. The molecular weight excluding hydrogens is 246 g/mol. The first-order valence-electron chi connectivity index (χ1n) is 6.18. The highest BCUT2D eigenvalue weighted by Crippen LogP contribution is 2.20. The van der Waals surface area contributed by atoms with Crippen molar-refractivity contribution in [2.24, 2.45) is 0 Å². The van der Waals surface area contributed by atoms with Gasteiger partial charge in [-0.2, -0.15) is 0 Å². The highest BCUT2D eigenvalue weighted by Gasteiger charge is 2.17. The van der Waals surface area contributed by atoms with Gasteiger partial charge < -0.3 is 4.90 Å². The monoisotopic (exact) mass is 263 g/mol. The molecule has 18 heavy (non-hydrogen) atoms. The van der Waals surface area contributed by atoms with Crippen LogP contribution in [0.5, 0.6) is 0 Å². The third kappa shape index (κ3) is 3.35. The molecule has 0 saturated carbocycles. The van der Waals surface area contributed by atoms with Crippen LogP contribution in [0.15, 0.2) is 29.2 Å². The number of hydrogen-bond acceptors (Lipinski definition) is 3. The van der Waals surface area contributed by atoms with Gasteiger partial charge in [0.2, 0.25) is 5.91 Å². The average molecular weight is 263 g/mol. The van der Waals surface area contributed by atoms with E-state index in [9.17, 15) is 9.59 Å². The molecule has 1 saturated heterocycles. The second-order valence-electron chi connectivity index (χ2n) is 4.46. The summed E-state index contributed by atoms with van der Waals surface area (Å²) in [6.45, 7) is 3.35. The minimum atomic E-state index is 0.0586. The van der Waals surface area contributed by atoms with E-state index in [1.54, 1.807) is 13.0 Å². The van der Waals surface area contributed by atoms with Gasteiger partial charge in [0.25, 0.3) is 0 Å². The van der Waals surface area contributed by atoms with Crippen molar-refractivity contribution in [3.05, 3.63) is 29.8 Å². The van der Waals surface area contributed by atoms with Crippen LogP contribution in [0.3, 0.4) is 0 Å². The third-order valence-corrected chi connectivity index (χ3v) is 4.04. The predicted octanol–water partition coefficient (Wildman–Crippen LogP) is 2.60. The van der Waals surface area contributed by atoms with Crippen LogP contribution in [0, 0.1) is 0 Å². The Hall–Kier alpha value is -1.29. The molecule has 4 heteroatoms. The van der Waals surface area contributed by atoms with E-state index >= 15 is 0 Å². The first-order valence-corrected chi connectivity index (χ1v) is 7.17. The second-order valence-corrected chi connectivity index (χ2v) is 5.51. The molecule has 1 aromatic rings. The Labute approximate surface area is 112 Å².